The van der Waals surface area contributed by atoms with Crippen LogP contribution in [-0.4, -0.2) is 79.6 Å². The summed E-state index contributed by atoms with van der Waals surface area (Å²) in [6.07, 6.45) is 8.01. The predicted molar refractivity (Wildman–Crippen MR) is 124 cm³/mol. The number of nitrogens with one attached hydrogen (secondary N) is 1. The first-order chi connectivity index (χ1) is 14.5. The third-order valence-electron chi connectivity index (χ3n) is 4.17. The minimum Gasteiger partial charge on any atom is -0.377 e. The molecule has 9 nitrogen and oxygen atoms in total. The third kappa shape index (κ3) is 11.1. The molecule has 0 unspecified atom stereocenters. The molecule has 0 bridgehead atoms. The number of alkyl halides is 1. The summed E-state index contributed by atoms with van der Waals surface area (Å²) in [6.45, 7) is 8.82. The molecule has 1 aromatic heterocycles. The molecule has 0 aliphatic heterocycles. The first-order valence-electron chi connectivity index (χ1n) is 9.96. The maximum absolute atomic E-state index is 11.0. The number of nitrogens with two attached hydrogens (primary N) is 1. The number of quaternary nitrogens is 1. The maximum Gasteiger partial charge on any atom is 0.304 e. The van der Waals surface area contributed by atoms with Crippen molar-refractivity contribution in [2.75, 3.05) is 64.2 Å². The lowest BCUT2D eigenvalue weighted by Gasteiger charge is -2.13. The summed E-state index contributed by atoms with van der Waals surface area (Å²) < 4.78 is 20.9. The molecular formula is C20H36IN5O4+2. The van der Waals surface area contributed by atoms with Gasteiger partial charge in [-0.3, -0.25) is 4.79 Å². The summed E-state index contributed by atoms with van der Waals surface area (Å²) in [5.41, 5.74) is 0.928. The fourth-order valence-corrected chi connectivity index (χ4v) is 2.80. The molecule has 10 heteroatoms. The Morgan fingerprint density at radius 3 is 2.50 bits per heavy atom. The van der Waals surface area contributed by atoms with Gasteiger partial charge in [0, 0.05) is 13.6 Å². The summed E-state index contributed by atoms with van der Waals surface area (Å²) in [7, 11) is 6.00. The van der Waals surface area contributed by atoms with Crippen LogP contribution in [-0.2, 0) is 33.1 Å². The number of rotatable bonds is 17. The lowest BCUT2D eigenvalue weighted by molar-refractivity contribution is -0.673. The molecule has 0 spiro atoms. The molecule has 1 heterocycles. The summed E-state index contributed by atoms with van der Waals surface area (Å²) >= 11 is 2.02. The van der Waals surface area contributed by atoms with E-state index in [0.717, 1.165) is 18.1 Å². The number of nitrogens with zero attached hydrogens (tertiary/aromatic N) is 3. The number of carbonyl (C=O) groups is 1. The second-order valence-corrected chi connectivity index (χ2v) is 7.35. The van der Waals surface area contributed by atoms with Crippen molar-refractivity contribution in [1.29, 1.82) is 0 Å². The van der Waals surface area contributed by atoms with E-state index in [1.807, 2.05) is 82.6 Å². The van der Waals surface area contributed by atoms with Crippen molar-refractivity contribution in [3.05, 3.63) is 37.2 Å². The fraction of sp³-hybridized carbons (Fsp3) is 0.600. The number of aryl methyl sites for hydroxylation is 2. The largest absolute Gasteiger partial charge is 0.377 e. The maximum atomic E-state index is 11.0. The van der Waals surface area contributed by atoms with E-state index in [1.54, 1.807) is 0 Å². The Kier molecular flexibility index (Phi) is 14.4. The van der Waals surface area contributed by atoms with Crippen LogP contribution in [0.15, 0.2) is 31.4 Å². The molecule has 0 saturated carbocycles. The third-order valence-corrected chi connectivity index (χ3v) is 4.87. The topological polar surface area (TPSA) is 85.5 Å². The second-order valence-electron chi connectivity index (χ2n) is 6.59. The number of ether oxygens (including phenoxy) is 3. The molecule has 0 aliphatic carbocycles. The molecule has 0 atom stereocenters. The van der Waals surface area contributed by atoms with Gasteiger partial charge in [-0.15, -0.1) is 0 Å². The summed E-state index contributed by atoms with van der Waals surface area (Å²) in [5.74, 6) is 1.08. The van der Waals surface area contributed by atoms with Gasteiger partial charge in [-0.25, -0.2) is 9.13 Å². The van der Waals surface area contributed by atoms with Crippen LogP contribution in [0.5, 0.6) is 0 Å². The Hall–Kier alpha value is -1.47. The SMILES string of the molecule is C=C(c1n(C)cc[n+]1C)N(C)/C=C\[NH2+]CCOCCOCCOCCNC(=O)CI. The molecule has 0 saturated heterocycles. The minimum absolute atomic E-state index is 0.0269. The fourth-order valence-electron chi connectivity index (χ4n) is 2.53. The van der Waals surface area contributed by atoms with Gasteiger partial charge in [-0.05, 0) is 0 Å². The second kappa shape index (κ2) is 16.3. The van der Waals surface area contributed by atoms with Crippen molar-refractivity contribution in [2.24, 2.45) is 14.1 Å². The van der Waals surface area contributed by atoms with Gasteiger partial charge in [0.25, 0.3) is 0 Å². The van der Waals surface area contributed by atoms with Gasteiger partial charge in [-0.1, -0.05) is 29.2 Å². The highest BCUT2D eigenvalue weighted by molar-refractivity contribution is 14.1. The van der Waals surface area contributed by atoms with E-state index in [-0.39, 0.29) is 5.91 Å². The van der Waals surface area contributed by atoms with Crippen LogP contribution in [0.1, 0.15) is 5.82 Å². The van der Waals surface area contributed by atoms with Crippen LogP contribution >= 0.6 is 22.6 Å². The van der Waals surface area contributed by atoms with E-state index in [4.69, 9.17) is 14.2 Å². The Morgan fingerprint density at radius 2 is 1.90 bits per heavy atom. The number of halogens is 1. The molecule has 1 aromatic rings. The molecule has 3 N–H and O–H groups in total. The summed E-state index contributed by atoms with van der Waals surface area (Å²) in [6, 6.07) is 0. The highest BCUT2D eigenvalue weighted by Gasteiger charge is 2.17. The van der Waals surface area contributed by atoms with Crippen LogP contribution in [0.3, 0.4) is 0 Å². The zero-order chi connectivity index (χ0) is 22.2. The Bertz CT molecular complexity index is 646. The number of aromatic nitrogens is 2. The van der Waals surface area contributed by atoms with Crippen molar-refractivity contribution in [3.63, 3.8) is 0 Å². The van der Waals surface area contributed by atoms with E-state index in [2.05, 4.69) is 17.2 Å². The Labute approximate surface area is 193 Å². The Balaban J connectivity index is 1.95. The molecule has 1 rings (SSSR count). The average molecular weight is 537 g/mol. The molecule has 1 amide bonds. The highest BCUT2D eigenvalue weighted by Crippen LogP contribution is 2.11. The first-order valence-corrected chi connectivity index (χ1v) is 11.5. The number of amides is 1. The van der Waals surface area contributed by atoms with E-state index in [9.17, 15) is 4.79 Å². The van der Waals surface area contributed by atoms with Gasteiger partial charge in [0.1, 0.15) is 30.8 Å². The number of carbonyl (C=O) groups excluding carboxylic acids is 1. The van der Waals surface area contributed by atoms with E-state index < -0.39 is 0 Å². The van der Waals surface area contributed by atoms with Crippen LogP contribution < -0.4 is 15.2 Å². The predicted octanol–water partition coefficient (Wildman–Crippen LogP) is -0.612. The summed E-state index contributed by atoms with van der Waals surface area (Å²) in [5, 5.41) is 4.82. The number of imidazole rings is 1. The van der Waals surface area contributed by atoms with Crippen LogP contribution in [0.25, 0.3) is 5.70 Å². The van der Waals surface area contributed by atoms with E-state index in [0.29, 0.717) is 50.6 Å². The van der Waals surface area contributed by atoms with Gasteiger partial charge in [0.05, 0.1) is 64.4 Å². The quantitative estimate of drug-likeness (QED) is 0.120. The average Bonchev–Trinajstić information content (AvgIpc) is 3.07. The molecule has 0 fully saturated rings. The van der Waals surface area contributed by atoms with Crippen molar-refractivity contribution in [1.82, 2.24) is 14.8 Å². The highest BCUT2D eigenvalue weighted by atomic mass is 127. The van der Waals surface area contributed by atoms with Crippen molar-refractivity contribution < 1.29 is 28.9 Å². The molecule has 0 aliphatic rings. The molecule has 0 aromatic carbocycles. The normalized spacial score (nSPS) is 11.2. The lowest BCUT2D eigenvalue weighted by Crippen LogP contribution is -2.79. The molecular weight excluding hydrogens is 501 g/mol. The smallest absolute Gasteiger partial charge is 0.304 e. The van der Waals surface area contributed by atoms with Gasteiger partial charge in [-0.2, -0.15) is 0 Å². The van der Waals surface area contributed by atoms with Crippen molar-refractivity contribution in [2.45, 2.75) is 0 Å². The standard InChI is InChI=1S/C20H34IN5O4/c1-18(20-25(3)9-10-26(20)4)24(2)8-5-22-6-11-28-13-15-30-16-14-29-12-7-23-19(27)17-21/h5,8-10,22H,1,6-7,11-17H2,2-4H3/p+2/b8-5-. The van der Waals surface area contributed by atoms with Gasteiger partial charge >= 0.3 is 5.82 Å². The van der Waals surface area contributed by atoms with Gasteiger partial charge < -0.3 is 29.7 Å². The summed E-state index contributed by atoms with van der Waals surface area (Å²) in [4.78, 5) is 13.0. The van der Waals surface area contributed by atoms with Crippen LogP contribution in [0.4, 0.5) is 0 Å². The first kappa shape index (κ1) is 26.6. The molecule has 170 valence electrons. The zero-order valence-corrected chi connectivity index (χ0v) is 20.5. The van der Waals surface area contributed by atoms with Gasteiger partial charge in [0.15, 0.2) is 0 Å². The van der Waals surface area contributed by atoms with Crippen LogP contribution in [0.2, 0.25) is 0 Å². The van der Waals surface area contributed by atoms with E-state index >= 15 is 0 Å². The Morgan fingerprint density at radius 1 is 1.27 bits per heavy atom. The number of hydrogen-bond donors (Lipinski definition) is 2. The number of hydrogen-bond acceptors (Lipinski definition) is 5. The van der Waals surface area contributed by atoms with Crippen molar-refractivity contribution >= 4 is 34.2 Å². The van der Waals surface area contributed by atoms with E-state index in [1.165, 1.54) is 0 Å². The molecule has 30 heavy (non-hydrogen) atoms. The zero-order valence-electron chi connectivity index (χ0n) is 18.3. The lowest BCUT2D eigenvalue weighted by atomic mass is 10.4. The van der Waals surface area contributed by atoms with Crippen molar-refractivity contribution in [3.8, 4) is 0 Å². The minimum atomic E-state index is 0.0269. The molecule has 0 radical (unpaired) electrons. The van der Waals surface area contributed by atoms with Gasteiger partial charge in [0.2, 0.25) is 5.91 Å². The van der Waals surface area contributed by atoms with Crippen LogP contribution in [0, 0.1) is 0 Å². The monoisotopic (exact) mass is 537 g/mol.